The Morgan fingerprint density at radius 3 is 2.47 bits per heavy atom. The number of hydrogen-bond acceptors (Lipinski definition) is 3. The van der Waals surface area contributed by atoms with Crippen molar-refractivity contribution in [3.8, 4) is 0 Å². The normalized spacial score (nSPS) is 11.4. The van der Waals surface area contributed by atoms with E-state index in [1.54, 1.807) is 24.2 Å². The van der Waals surface area contributed by atoms with E-state index in [2.05, 4.69) is 25.8 Å². The summed E-state index contributed by atoms with van der Waals surface area (Å²) in [4.78, 5) is 17.9. The first kappa shape index (κ1) is 13.6. The van der Waals surface area contributed by atoms with E-state index in [4.69, 9.17) is 5.73 Å². The summed E-state index contributed by atoms with van der Waals surface area (Å²) in [5.41, 5.74) is 6.97. The number of nitrogens with two attached hydrogens (primary N) is 1. The molecule has 4 heteroatoms. The summed E-state index contributed by atoms with van der Waals surface area (Å²) in [6, 6.07) is 3.56. The predicted octanol–water partition coefficient (Wildman–Crippen LogP) is 1.66. The predicted molar refractivity (Wildman–Crippen MR) is 68.5 cm³/mol. The number of carbonyl (C=O) groups excluding carboxylic acids is 1. The van der Waals surface area contributed by atoms with Gasteiger partial charge in [0, 0.05) is 26.3 Å². The highest BCUT2D eigenvalue weighted by Crippen LogP contribution is 2.15. The second kappa shape index (κ2) is 5.27. The standard InChI is InChI=1S/C13H21N3O/c1-13(2,3)9-16(4)12(17)11-6-5-10(7-14)8-15-11/h5-6,8H,7,9,14H2,1-4H3. The fourth-order valence-electron chi connectivity index (χ4n) is 1.65. The van der Waals surface area contributed by atoms with E-state index >= 15 is 0 Å². The van der Waals surface area contributed by atoms with E-state index in [-0.39, 0.29) is 11.3 Å². The minimum atomic E-state index is -0.0523. The largest absolute Gasteiger partial charge is 0.340 e. The molecule has 4 nitrogen and oxygen atoms in total. The van der Waals surface area contributed by atoms with Crippen LogP contribution in [0, 0.1) is 5.41 Å². The van der Waals surface area contributed by atoms with Gasteiger partial charge in [-0.2, -0.15) is 0 Å². The molecule has 1 aromatic rings. The maximum Gasteiger partial charge on any atom is 0.272 e. The van der Waals surface area contributed by atoms with Gasteiger partial charge < -0.3 is 10.6 Å². The number of rotatable bonds is 3. The quantitative estimate of drug-likeness (QED) is 0.866. The van der Waals surface area contributed by atoms with Crippen LogP contribution in [0.5, 0.6) is 0 Å². The Kier molecular flexibility index (Phi) is 4.23. The van der Waals surface area contributed by atoms with E-state index in [1.165, 1.54) is 0 Å². The molecule has 0 spiro atoms. The molecular weight excluding hydrogens is 214 g/mol. The van der Waals surface area contributed by atoms with Gasteiger partial charge in [-0.15, -0.1) is 0 Å². The van der Waals surface area contributed by atoms with E-state index in [0.29, 0.717) is 18.8 Å². The molecule has 0 radical (unpaired) electrons. The Labute approximate surface area is 103 Å². The van der Waals surface area contributed by atoms with Crippen molar-refractivity contribution in [2.45, 2.75) is 27.3 Å². The highest BCUT2D eigenvalue weighted by Gasteiger charge is 2.19. The van der Waals surface area contributed by atoms with Crippen molar-refractivity contribution in [2.24, 2.45) is 11.1 Å². The molecule has 2 N–H and O–H groups in total. The van der Waals surface area contributed by atoms with Crippen LogP contribution in [0.2, 0.25) is 0 Å². The molecule has 1 amide bonds. The second-order valence-electron chi connectivity index (χ2n) is 5.48. The lowest BCUT2D eigenvalue weighted by molar-refractivity contribution is 0.0740. The summed E-state index contributed by atoms with van der Waals surface area (Å²) in [6.45, 7) is 7.44. The molecule has 0 aliphatic rings. The lowest BCUT2D eigenvalue weighted by atomic mass is 9.96. The zero-order chi connectivity index (χ0) is 13.1. The third-order valence-electron chi connectivity index (χ3n) is 2.34. The van der Waals surface area contributed by atoms with Crippen LogP contribution in [-0.2, 0) is 6.54 Å². The maximum absolute atomic E-state index is 12.1. The molecule has 0 unspecified atom stereocenters. The Morgan fingerprint density at radius 2 is 2.06 bits per heavy atom. The van der Waals surface area contributed by atoms with Crippen LogP contribution in [0.4, 0.5) is 0 Å². The van der Waals surface area contributed by atoms with Crippen LogP contribution in [0.25, 0.3) is 0 Å². The molecule has 0 atom stereocenters. The molecule has 1 heterocycles. The zero-order valence-electron chi connectivity index (χ0n) is 11.0. The molecule has 0 saturated carbocycles. The molecule has 94 valence electrons. The minimum Gasteiger partial charge on any atom is -0.340 e. The molecular formula is C13H21N3O. The first-order valence-electron chi connectivity index (χ1n) is 5.74. The van der Waals surface area contributed by atoms with Crippen molar-refractivity contribution >= 4 is 5.91 Å². The van der Waals surface area contributed by atoms with Crippen molar-refractivity contribution in [3.05, 3.63) is 29.6 Å². The number of amides is 1. The van der Waals surface area contributed by atoms with Crippen molar-refractivity contribution in [1.29, 1.82) is 0 Å². The van der Waals surface area contributed by atoms with E-state index < -0.39 is 0 Å². The Morgan fingerprint density at radius 1 is 1.41 bits per heavy atom. The zero-order valence-corrected chi connectivity index (χ0v) is 11.0. The molecule has 0 aromatic carbocycles. The number of hydrogen-bond donors (Lipinski definition) is 1. The molecule has 1 rings (SSSR count). The number of carbonyl (C=O) groups is 1. The summed E-state index contributed by atoms with van der Waals surface area (Å²) in [5, 5.41) is 0. The van der Waals surface area contributed by atoms with Crippen LogP contribution in [0.15, 0.2) is 18.3 Å². The number of nitrogens with zero attached hydrogens (tertiary/aromatic N) is 2. The molecule has 1 aromatic heterocycles. The van der Waals surface area contributed by atoms with Gasteiger partial charge in [0.1, 0.15) is 5.69 Å². The van der Waals surface area contributed by atoms with Crippen molar-refractivity contribution in [3.63, 3.8) is 0 Å². The van der Waals surface area contributed by atoms with Crippen molar-refractivity contribution in [2.75, 3.05) is 13.6 Å². The van der Waals surface area contributed by atoms with Crippen LogP contribution in [0.1, 0.15) is 36.8 Å². The number of pyridine rings is 1. The van der Waals surface area contributed by atoms with Crippen LogP contribution >= 0.6 is 0 Å². The summed E-state index contributed by atoms with van der Waals surface area (Å²) in [6.07, 6.45) is 1.65. The molecule has 0 aliphatic heterocycles. The van der Waals surface area contributed by atoms with Gasteiger partial charge in [0.05, 0.1) is 0 Å². The topological polar surface area (TPSA) is 59.2 Å². The van der Waals surface area contributed by atoms with Gasteiger partial charge in [0.15, 0.2) is 0 Å². The van der Waals surface area contributed by atoms with Gasteiger partial charge in [-0.25, -0.2) is 0 Å². The highest BCUT2D eigenvalue weighted by atomic mass is 16.2. The van der Waals surface area contributed by atoms with Crippen molar-refractivity contribution in [1.82, 2.24) is 9.88 Å². The van der Waals surface area contributed by atoms with E-state index in [0.717, 1.165) is 5.56 Å². The molecule has 0 bridgehead atoms. The van der Waals surface area contributed by atoms with Gasteiger partial charge in [-0.1, -0.05) is 26.8 Å². The average molecular weight is 235 g/mol. The van der Waals surface area contributed by atoms with E-state index in [1.807, 2.05) is 6.07 Å². The van der Waals surface area contributed by atoms with Gasteiger partial charge in [-0.3, -0.25) is 9.78 Å². The van der Waals surface area contributed by atoms with E-state index in [9.17, 15) is 4.79 Å². The smallest absolute Gasteiger partial charge is 0.272 e. The Bertz CT molecular complexity index is 379. The minimum absolute atomic E-state index is 0.0523. The van der Waals surface area contributed by atoms with Gasteiger partial charge in [0.25, 0.3) is 5.91 Å². The molecule has 17 heavy (non-hydrogen) atoms. The third-order valence-corrected chi connectivity index (χ3v) is 2.34. The molecule has 0 fully saturated rings. The Hall–Kier alpha value is -1.42. The third kappa shape index (κ3) is 4.15. The van der Waals surface area contributed by atoms with Crippen LogP contribution < -0.4 is 5.73 Å². The Balaban J connectivity index is 2.75. The number of aromatic nitrogens is 1. The van der Waals surface area contributed by atoms with Crippen LogP contribution in [-0.4, -0.2) is 29.4 Å². The van der Waals surface area contributed by atoms with Gasteiger partial charge in [-0.05, 0) is 17.0 Å². The van der Waals surface area contributed by atoms with Crippen molar-refractivity contribution < 1.29 is 4.79 Å². The second-order valence-corrected chi connectivity index (χ2v) is 5.48. The fraction of sp³-hybridized carbons (Fsp3) is 0.538. The molecule has 0 aliphatic carbocycles. The lowest BCUT2D eigenvalue weighted by Gasteiger charge is -2.26. The highest BCUT2D eigenvalue weighted by molar-refractivity contribution is 5.92. The first-order chi connectivity index (χ1) is 7.83. The summed E-state index contributed by atoms with van der Waals surface area (Å²) in [5.74, 6) is -0.0523. The van der Waals surface area contributed by atoms with Gasteiger partial charge in [0.2, 0.25) is 0 Å². The lowest BCUT2D eigenvalue weighted by Crippen LogP contribution is -2.34. The fourth-order valence-corrected chi connectivity index (χ4v) is 1.65. The summed E-state index contributed by atoms with van der Waals surface area (Å²) < 4.78 is 0. The summed E-state index contributed by atoms with van der Waals surface area (Å²) in [7, 11) is 1.80. The maximum atomic E-state index is 12.1. The monoisotopic (exact) mass is 235 g/mol. The SMILES string of the molecule is CN(CC(C)(C)C)C(=O)c1ccc(CN)cn1. The average Bonchev–Trinajstić information content (AvgIpc) is 2.26. The first-order valence-corrected chi connectivity index (χ1v) is 5.74. The summed E-state index contributed by atoms with van der Waals surface area (Å²) >= 11 is 0. The molecule has 0 saturated heterocycles. The van der Waals surface area contributed by atoms with Gasteiger partial charge >= 0.3 is 0 Å². The van der Waals surface area contributed by atoms with Crippen LogP contribution in [0.3, 0.4) is 0 Å².